The molecule has 0 amide bonds. The van der Waals surface area contributed by atoms with Crippen LogP contribution in [0.2, 0.25) is 0 Å². The van der Waals surface area contributed by atoms with E-state index < -0.39 is 0 Å². The zero-order valence-electron chi connectivity index (χ0n) is 10.1. The molecule has 0 aromatic heterocycles. The molecule has 1 heterocycles. The third-order valence-electron chi connectivity index (χ3n) is 2.69. The lowest BCUT2D eigenvalue weighted by atomic mass is 10.3. The van der Waals surface area contributed by atoms with E-state index in [-0.39, 0.29) is 0 Å². The lowest BCUT2D eigenvalue weighted by molar-refractivity contribution is 0.0382. The molecule has 4 heteroatoms. The lowest BCUT2D eigenvalue weighted by Gasteiger charge is -2.19. The molecule has 90 valence electrons. The molecule has 0 spiro atoms. The molecule has 0 bridgehead atoms. The van der Waals surface area contributed by atoms with Gasteiger partial charge < -0.3 is 19.3 Å². The van der Waals surface area contributed by atoms with E-state index >= 15 is 0 Å². The van der Waals surface area contributed by atoms with Crippen molar-refractivity contribution in [1.29, 1.82) is 0 Å². The smallest absolute Gasteiger partial charge is 0.0701 e. The summed E-state index contributed by atoms with van der Waals surface area (Å²) in [7, 11) is 4.30. The van der Waals surface area contributed by atoms with Crippen LogP contribution in [0.1, 0.15) is 6.42 Å². The van der Waals surface area contributed by atoms with Crippen molar-refractivity contribution in [3.05, 3.63) is 0 Å². The molecule has 0 unspecified atom stereocenters. The van der Waals surface area contributed by atoms with Crippen LogP contribution < -0.4 is 0 Å². The summed E-state index contributed by atoms with van der Waals surface area (Å²) in [5.41, 5.74) is 0. The molecule has 0 radical (unpaired) electrons. The van der Waals surface area contributed by atoms with Crippen LogP contribution in [0.25, 0.3) is 0 Å². The van der Waals surface area contributed by atoms with Crippen molar-refractivity contribution >= 4 is 0 Å². The first-order chi connectivity index (χ1) is 7.29. The molecule has 0 aromatic carbocycles. The van der Waals surface area contributed by atoms with Crippen LogP contribution in [-0.2, 0) is 9.47 Å². The second-order valence-electron chi connectivity index (χ2n) is 4.18. The van der Waals surface area contributed by atoms with Crippen LogP contribution in [-0.4, -0.2) is 76.5 Å². The van der Waals surface area contributed by atoms with Gasteiger partial charge in [-0.05, 0) is 33.6 Å². The molecule has 1 fully saturated rings. The largest absolute Gasteiger partial charge is 0.378 e. The van der Waals surface area contributed by atoms with Gasteiger partial charge in [-0.15, -0.1) is 0 Å². The van der Waals surface area contributed by atoms with Crippen LogP contribution in [0.3, 0.4) is 0 Å². The Balaban J connectivity index is 2.21. The summed E-state index contributed by atoms with van der Waals surface area (Å²) >= 11 is 0. The van der Waals surface area contributed by atoms with E-state index in [9.17, 15) is 0 Å². The zero-order chi connectivity index (χ0) is 10.9. The minimum atomic E-state index is 0.720. The van der Waals surface area contributed by atoms with Gasteiger partial charge in [0.2, 0.25) is 0 Å². The summed E-state index contributed by atoms with van der Waals surface area (Å²) in [6.07, 6.45) is 1.22. The van der Waals surface area contributed by atoms with Gasteiger partial charge in [-0.2, -0.15) is 0 Å². The summed E-state index contributed by atoms with van der Waals surface area (Å²) < 4.78 is 10.9. The Hall–Kier alpha value is -0.160. The topological polar surface area (TPSA) is 24.9 Å². The Labute approximate surface area is 93.1 Å². The van der Waals surface area contributed by atoms with Gasteiger partial charge in [0.25, 0.3) is 0 Å². The minimum absolute atomic E-state index is 0.720. The number of hydrogen-bond acceptors (Lipinski definition) is 4. The summed E-state index contributed by atoms with van der Waals surface area (Å²) in [6, 6.07) is 0. The predicted molar refractivity (Wildman–Crippen MR) is 61.2 cm³/mol. The maximum Gasteiger partial charge on any atom is 0.0701 e. The fraction of sp³-hybridized carbons (Fsp3) is 1.00. The third kappa shape index (κ3) is 6.84. The highest BCUT2D eigenvalue weighted by molar-refractivity contribution is 4.56. The Morgan fingerprint density at radius 1 is 0.667 bits per heavy atom. The number of nitrogens with zero attached hydrogens (tertiary/aromatic N) is 2. The molecule has 0 aromatic rings. The normalized spacial score (nSPS) is 25.2. The number of ether oxygens (including phenoxy) is 2. The van der Waals surface area contributed by atoms with Crippen LogP contribution in [0.5, 0.6) is 0 Å². The molecule has 0 saturated carbocycles. The van der Waals surface area contributed by atoms with Crippen molar-refractivity contribution in [1.82, 2.24) is 9.80 Å². The molecule has 1 aliphatic heterocycles. The zero-order valence-corrected chi connectivity index (χ0v) is 10.1. The van der Waals surface area contributed by atoms with Crippen molar-refractivity contribution in [3.63, 3.8) is 0 Å². The molecule has 15 heavy (non-hydrogen) atoms. The molecule has 0 aliphatic carbocycles. The molecule has 1 rings (SSSR count). The second kappa shape index (κ2) is 8.05. The molecule has 0 atom stereocenters. The lowest BCUT2D eigenvalue weighted by Crippen LogP contribution is -2.29. The predicted octanol–water partition coefficient (Wildman–Crippen LogP) is 0.287. The van der Waals surface area contributed by atoms with E-state index in [1.165, 1.54) is 6.42 Å². The van der Waals surface area contributed by atoms with Crippen LogP contribution in [0, 0.1) is 0 Å². The van der Waals surface area contributed by atoms with Crippen molar-refractivity contribution in [2.24, 2.45) is 0 Å². The first kappa shape index (κ1) is 12.9. The number of likely N-dealkylation sites (N-methyl/N-ethyl adjacent to an activating group) is 2. The van der Waals surface area contributed by atoms with E-state index in [1.54, 1.807) is 0 Å². The van der Waals surface area contributed by atoms with Gasteiger partial charge in [0, 0.05) is 13.1 Å². The first-order valence-corrected chi connectivity index (χ1v) is 5.81. The van der Waals surface area contributed by atoms with Gasteiger partial charge in [-0.25, -0.2) is 0 Å². The highest BCUT2D eigenvalue weighted by atomic mass is 16.5. The average molecular weight is 216 g/mol. The van der Waals surface area contributed by atoms with Gasteiger partial charge in [-0.1, -0.05) is 0 Å². The quantitative estimate of drug-likeness (QED) is 0.581. The Kier molecular flexibility index (Phi) is 6.92. The molecular weight excluding hydrogens is 192 g/mol. The number of rotatable bonds is 0. The number of hydrogen-bond donors (Lipinski definition) is 0. The van der Waals surface area contributed by atoms with E-state index in [0.717, 1.165) is 52.6 Å². The Morgan fingerprint density at radius 3 is 1.60 bits per heavy atom. The van der Waals surface area contributed by atoms with Gasteiger partial charge >= 0.3 is 0 Å². The third-order valence-corrected chi connectivity index (χ3v) is 2.69. The van der Waals surface area contributed by atoms with Gasteiger partial charge in [0.1, 0.15) is 0 Å². The summed E-state index contributed by atoms with van der Waals surface area (Å²) in [6.45, 7) is 7.40. The van der Waals surface area contributed by atoms with Crippen molar-refractivity contribution < 1.29 is 9.47 Å². The fourth-order valence-electron chi connectivity index (χ4n) is 1.60. The summed E-state index contributed by atoms with van der Waals surface area (Å²) in [4.78, 5) is 4.65. The van der Waals surface area contributed by atoms with Gasteiger partial charge in [0.15, 0.2) is 0 Å². The van der Waals surface area contributed by atoms with E-state index in [1.807, 2.05) is 0 Å². The van der Waals surface area contributed by atoms with E-state index in [2.05, 4.69) is 23.9 Å². The monoisotopic (exact) mass is 216 g/mol. The Morgan fingerprint density at radius 2 is 1.13 bits per heavy atom. The maximum absolute atomic E-state index is 5.46. The molecule has 1 saturated heterocycles. The van der Waals surface area contributed by atoms with E-state index in [4.69, 9.17) is 9.47 Å². The van der Waals surface area contributed by atoms with Crippen LogP contribution in [0.4, 0.5) is 0 Å². The van der Waals surface area contributed by atoms with Crippen LogP contribution >= 0.6 is 0 Å². The highest BCUT2D eigenvalue weighted by Crippen LogP contribution is 1.93. The van der Waals surface area contributed by atoms with Crippen molar-refractivity contribution in [2.75, 3.05) is 66.7 Å². The highest BCUT2D eigenvalue weighted by Gasteiger charge is 2.03. The minimum Gasteiger partial charge on any atom is -0.378 e. The second-order valence-corrected chi connectivity index (χ2v) is 4.18. The molecule has 4 nitrogen and oxygen atoms in total. The summed E-state index contributed by atoms with van der Waals surface area (Å²) in [5.74, 6) is 0. The summed E-state index contributed by atoms with van der Waals surface area (Å²) in [5, 5.41) is 0. The first-order valence-electron chi connectivity index (χ1n) is 5.81. The maximum atomic E-state index is 5.46. The van der Waals surface area contributed by atoms with Crippen molar-refractivity contribution in [3.8, 4) is 0 Å². The average Bonchev–Trinajstić information content (AvgIpc) is 2.22. The standard InChI is InChI=1S/C11H24N2O2/c1-12-4-3-5-13(2)7-9-15-11-10-14-8-6-12/h3-11H2,1-2H3. The molecule has 1 aliphatic rings. The van der Waals surface area contributed by atoms with E-state index in [0.29, 0.717) is 0 Å². The van der Waals surface area contributed by atoms with Gasteiger partial charge in [-0.3, -0.25) is 0 Å². The molecular formula is C11H24N2O2. The van der Waals surface area contributed by atoms with Gasteiger partial charge in [0.05, 0.1) is 26.4 Å². The molecule has 0 N–H and O–H groups in total. The SMILES string of the molecule is CN1CCCN(C)CCOCCOCC1. The van der Waals surface area contributed by atoms with Crippen LogP contribution in [0.15, 0.2) is 0 Å². The fourth-order valence-corrected chi connectivity index (χ4v) is 1.60. The Bertz CT molecular complexity index is 140. The van der Waals surface area contributed by atoms with Crippen molar-refractivity contribution in [2.45, 2.75) is 6.42 Å².